The molecule has 24 heavy (non-hydrogen) atoms. The second-order valence-corrected chi connectivity index (χ2v) is 5.69. The summed E-state index contributed by atoms with van der Waals surface area (Å²) in [5.74, 6) is -0.723. The molecule has 0 spiro atoms. The minimum absolute atomic E-state index is 0.342. The monoisotopic (exact) mass is 322 g/mol. The zero-order valence-electron chi connectivity index (χ0n) is 14.2. The number of aryl methyl sites for hydroxylation is 3. The summed E-state index contributed by atoms with van der Waals surface area (Å²) in [6.07, 6.45) is 4.05. The van der Waals surface area contributed by atoms with Gasteiger partial charge in [-0.05, 0) is 55.2 Å². The number of carbonyl (C=O) groups is 2. The summed E-state index contributed by atoms with van der Waals surface area (Å²) in [7, 11) is 0. The van der Waals surface area contributed by atoms with Gasteiger partial charge in [0.25, 0.3) is 11.8 Å². The summed E-state index contributed by atoms with van der Waals surface area (Å²) in [4.78, 5) is 23.8. The third kappa shape index (κ3) is 4.81. The minimum Gasteiger partial charge on any atom is -0.268 e. The van der Waals surface area contributed by atoms with Crippen molar-refractivity contribution in [2.24, 2.45) is 0 Å². The molecule has 0 atom stereocenters. The van der Waals surface area contributed by atoms with Crippen molar-refractivity contribution in [2.45, 2.75) is 27.2 Å². The first-order chi connectivity index (χ1) is 11.5. The Morgan fingerprint density at radius 1 is 1.00 bits per heavy atom. The van der Waals surface area contributed by atoms with Crippen LogP contribution >= 0.6 is 0 Å². The van der Waals surface area contributed by atoms with Gasteiger partial charge in [0.2, 0.25) is 0 Å². The fourth-order valence-corrected chi connectivity index (χ4v) is 2.30. The van der Waals surface area contributed by atoms with Crippen molar-refractivity contribution in [2.75, 3.05) is 0 Å². The molecule has 2 aromatic carbocycles. The molecule has 2 aromatic rings. The highest BCUT2D eigenvalue weighted by Gasteiger charge is 2.05. The van der Waals surface area contributed by atoms with E-state index >= 15 is 0 Å². The van der Waals surface area contributed by atoms with Crippen LogP contribution in [0, 0.1) is 13.8 Å². The van der Waals surface area contributed by atoms with E-state index in [0.29, 0.717) is 5.56 Å². The molecule has 0 unspecified atom stereocenters. The Bertz CT molecular complexity index is 762. The fourth-order valence-electron chi connectivity index (χ4n) is 2.30. The molecule has 2 amide bonds. The van der Waals surface area contributed by atoms with Crippen LogP contribution in [0.5, 0.6) is 0 Å². The second kappa shape index (κ2) is 8.11. The van der Waals surface area contributed by atoms with Gasteiger partial charge >= 0.3 is 0 Å². The smallest absolute Gasteiger partial charge is 0.268 e. The van der Waals surface area contributed by atoms with Crippen molar-refractivity contribution in [1.29, 1.82) is 0 Å². The summed E-state index contributed by atoms with van der Waals surface area (Å²) < 4.78 is 0. The Labute approximate surface area is 142 Å². The fraction of sp³-hybridized carbons (Fsp3) is 0.200. The van der Waals surface area contributed by atoms with Crippen molar-refractivity contribution in [1.82, 2.24) is 10.9 Å². The van der Waals surface area contributed by atoms with Crippen LogP contribution in [-0.4, -0.2) is 11.8 Å². The number of hydrazine groups is 1. The van der Waals surface area contributed by atoms with Gasteiger partial charge in [0.1, 0.15) is 0 Å². The van der Waals surface area contributed by atoms with Crippen LogP contribution < -0.4 is 10.9 Å². The van der Waals surface area contributed by atoms with E-state index in [2.05, 4.69) is 23.8 Å². The Balaban J connectivity index is 1.90. The average molecular weight is 322 g/mol. The van der Waals surface area contributed by atoms with E-state index in [-0.39, 0.29) is 11.8 Å². The highest BCUT2D eigenvalue weighted by molar-refractivity contribution is 5.98. The van der Waals surface area contributed by atoms with Crippen LogP contribution in [0.4, 0.5) is 0 Å². The SMILES string of the molecule is CCc1ccc(C(=O)NNC(=O)/C=C/c2ccc(C)cc2C)cc1. The Morgan fingerprint density at radius 3 is 2.33 bits per heavy atom. The maximum atomic E-state index is 12.0. The van der Waals surface area contributed by atoms with Gasteiger partial charge in [-0.1, -0.05) is 42.8 Å². The van der Waals surface area contributed by atoms with Crippen LogP contribution in [0.3, 0.4) is 0 Å². The molecule has 0 aromatic heterocycles. The van der Waals surface area contributed by atoms with E-state index in [1.54, 1.807) is 18.2 Å². The highest BCUT2D eigenvalue weighted by Crippen LogP contribution is 2.11. The summed E-state index contributed by atoms with van der Waals surface area (Å²) in [6.45, 7) is 6.07. The number of hydrogen-bond donors (Lipinski definition) is 2. The third-order valence-corrected chi connectivity index (χ3v) is 3.76. The number of carbonyl (C=O) groups excluding carboxylic acids is 2. The Hall–Kier alpha value is -2.88. The van der Waals surface area contributed by atoms with E-state index in [4.69, 9.17) is 0 Å². The van der Waals surface area contributed by atoms with Crippen molar-refractivity contribution < 1.29 is 9.59 Å². The predicted octanol–water partition coefficient (Wildman–Crippen LogP) is 3.34. The molecule has 4 heteroatoms. The summed E-state index contributed by atoms with van der Waals surface area (Å²) in [6, 6.07) is 13.3. The van der Waals surface area contributed by atoms with Gasteiger partial charge in [0, 0.05) is 11.6 Å². The van der Waals surface area contributed by atoms with E-state index in [0.717, 1.165) is 23.1 Å². The van der Waals surface area contributed by atoms with E-state index in [9.17, 15) is 9.59 Å². The zero-order chi connectivity index (χ0) is 17.5. The first-order valence-corrected chi connectivity index (χ1v) is 7.94. The molecule has 2 rings (SSSR count). The molecule has 0 aliphatic rings. The summed E-state index contributed by atoms with van der Waals surface area (Å²) >= 11 is 0. The number of nitrogens with one attached hydrogen (secondary N) is 2. The lowest BCUT2D eigenvalue weighted by molar-refractivity contribution is -0.117. The van der Waals surface area contributed by atoms with Crippen LogP contribution in [-0.2, 0) is 11.2 Å². The summed E-state index contributed by atoms with van der Waals surface area (Å²) in [5.41, 5.74) is 9.70. The van der Waals surface area contributed by atoms with Crippen LogP contribution in [0.15, 0.2) is 48.5 Å². The molecular formula is C20H22N2O2. The number of benzene rings is 2. The molecule has 0 bridgehead atoms. The maximum absolute atomic E-state index is 12.0. The van der Waals surface area contributed by atoms with E-state index in [1.165, 1.54) is 11.6 Å². The molecule has 0 saturated heterocycles. The molecule has 0 heterocycles. The van der Waals surface area contributed by atoms with Gasteiger partial charge in [-0.2, -0.15) is 0 Å². The maximum Gasteiger partial charge on any atom is 0.269 e. The van der Waals surface area contributed by atoms with Gasteiger partial charge in [-0.25, -0.2) is 0 Å². The molecule has 0 fully saturated rings. The number of rotatable bonds is 4. The van der Waals surface area contributed by atoms with Gasteiger partial charge < -0.3 is 0 Å². The quantitative estimate of drug-likeness (QED) is 0.670. The second-order valence-electron chi connectivity index (χ2n) is 5.69. The van der Waals surface area contributed by atoms with Crippen LogP contribution in [0.25, 0.3) is 6.08 Å². The summed E-state index contributed by atoms with van der Waals surface area (Å²) in [5, 5.41) is 0. The topological polar surface area (TPSA) is 58.2 Å². The highest BCUT2D eigenvalue weighted by atomic mass is 16.2. The van der Waals surface area contributed by atoms with E-state index in [1.807, 2.05) is 38.1 Å². The van der Waals surface area contributed by atoms with Crippen molar-refractivity contribution >= 4 is 17.9 Å². The van der Waals surface area contributed by atoms with Gasteiger partial charge in [-0.15, -0.1) is 0 Å². The number of amides is 2. The molecule has 0 aliphatic carbocycles. The van der Waals surface area contributed by atoms with Crippen LogP contribution in [0.2, 0.25) is 0 Å². The Morgan fingerprint density at radius 2 is 1.71 bits per heavy atom. The third-order valence-electron chi connectivity index (χ3n) is 3.76. The Kier molecular flexibility index (Phi) is 5.90. The molecular weight excluding hydrogens is 300 g/mol. The first-order valence-electron chi connectivity index (χ1n) is 7.94. The van der Waals surface area contributed by atoms with Crippen molar-refractivity contribution in [3.05, 3.63) is 76.4 Å². The molecule has 0 radical (unpaired) electrons. The lowest BCUT2D eigenvalue weighted by Gasteiger charge is -2.06. The number of hydrogen-bond acceptors (Lipinski definition) is 2. The van der Waals surface area contributed by atoms with Gasteiger partial charge in [0.15, 0.2) is 0 Å². The van der Waals surface area contributed by atoms with Gasteiger partial charge in [-0.3, -0.25) is 20.4 Å². The van der Waals surface area contributed by atoms with Crippen molar-refractivity contribution in [3.8, 4) is 0 Å². The van der Waals surface area contributed by atoms with Crippen LogP contribution in [0.1, 0.15) is 39.5 Å². The average Bonchev–Trinajstić information content (AvgIpc) is 2.59. The lowest BCUT2D eigenvalue weighted by atomic mass is 10.1. The predicted molar refractivity (Wildman–Crippen MR) is 96.4 cm³/mol. The standard InChI is InChI=1S/C20H22N2O2/c1-4-16-6-9-18(10-7-16)20(24)22-21-19(23)12-11-17-8-5-14(2)13-15(17)3/h5-13H,4H2,1-3H3,(H,21,23)(H,22,24)/b12-11+. The minimum atomic E-state index is -0.381. The lowest BCUT2D eigenvalue weighted by Crippen LogP contribution is -2.40. The zero-order valence-corrected chi connectivity index (χ0v) is 14.2. The molecule has 0 saturated carbocycles. The molecule has 0 aliphatic heterocycles. The normalized spacial score (nSPS) is 10.6. The largest absolute Gasteiger partial charge is 0.269 e. The molecule has 2 N–H and O–H groups in total. The first kappa shape index (κ1) is 17.5. The van der Waals surface area contributed by atoms with Gasteiger partial charge in [0.05, 0.1) is 0 Å². The van der Waals surface area contributed by atoms with Crippen molar-refractivity contribution in [3.63, 3.8) is 0 Å². The molecule has 124 valence electrons. The van der Waals surface area contributed by atoms with E-state index < -0.39 is 0 Å². The molecule has 4 nitrogen and oxygen atoms in total.